The molecule has 1 N–H and O–H groups in total. The lowest BCUT2D eigenvalue weighted by atomic mass is 9.99. The maximum atomic E-state index is 13.2. The Morgan fingerprint density at radius 2 is 1.70 bits per heavy atom. The van der Waals surface area contributed by atoms with E-state index in [1.54, 1.807) is 24.5 Å². The summed E-state index contributed by atoms with van der Waals surface area (Å²) < 4.78 is 14.0. The van der Waals surface area contributed by atoms with Crippen LogP contribution in [0.3, 0.4) is 0 Å². The summed E-state index contributed by atoms with van der Waals surface area (Å²) in [6, 6.07) is 12.2. The first kappa shape index (κ1) is 14.0. The van der Waals surface area contributed by atoms with Crippen LogP contribution in [0.25, 0.3) is 33.4 Å². The van der Waals surface area contributed by atoms with Crippen molar-refractivity contribution in [3.05, 3.63) is 65.3 Å². The molecule has 23 heavy (non-hydrogen) atoms. The van der Waals surface area contributed by atoms with Gasteiger partial charge in [-0.2, -0.15) is 5.10 Å². The number of aromatic amines is 1. The molecule has 0 saturated carbocycles. The van der Waals surface area contributed by atoms with Crippen molar-refractivity contribution in [1.82, 2.24) is 20.2 Å². The number of fused-ring (bicyclic) bond motifs is 1. The van der Waals surface area contributed by atoms with Crippen molar-refractivity contribution in [2.75, 3.05) is 0 Å². The van der Waals surface area contributed by atoms with Gasteiger partial charge >= 0.3 is 0 Å². The lowest BCUT2D eigenvalue weighted by molar-refractivity contribution is 0.628. The van der Waals surface area contributed by atoms with Crippen LogP contribution in [0.4, 0.5) is 4.39 Å². The predicted octanol–water partition coefficient (Wildman–Crippen LogP) is 4.59. The van der Waals surface area contributed by atoms with E-state index >= 15 is 0 Å². The lowest BCUT2D eigenvalue weighted by Gasteiger charge is -2.09. The largest absolute Gasteiger partial charge is 0.269 e. The highest BCUT2D eigenvalue weighted by Crippen LogP contribution is 2.34. The molecule has 3 aromatic heterocycles. The van der Waals surface area contributed by atoms with Crippen LogP contribution in [0, 0.1) is 5.82 Å². The smallest absolute Gasteiger partial charge is 0.182 e. The minimum Gasteiger partial charge on any atom is -0.269 e. The van der Waals surface area contributed by atoms with Crippen LogP contribution in [0.5, 0.6) is 0 Å². The highest BCUT2D eigenvalue weighted by Gasteiger charge is 2.14. The number of hydrogen-bond acceptors (Lipinski definition) is 3. The third kappa shape index (κ3) is 2.51. The van der Waals surface area contributed by atoms with E-state index in [1.807, 2.05) is 18.2 Å². The quantitative estimate of drug-likeness (QED) is 0.562. The Balaban J connectivity index is 2.02. The standard InChI is InChI=1S/C17H10BrFN4/c18-16-14-9-13(10-5-7-20-8-6-10)15(21-17(14)23-22-16)11-1-3-12(19)4-2-11/h1-9H,(H,21,22,23). The summed E-state index contributed by atoms with van der Waals surface area (Å²) in [4.78, 5) is 8.71. The van der Waals surface area contributed by atoms with E-state index in [1.165, 1.54) is 12.1 Å². The van der Waals surface area contributed by atoms with Gasteiger partial charge in [0.1, 0.15) is 10.4 Å². The molecule has 0 bridgehead atoms. The van der Waals surface area contributed by atoms with Crippen LogP contribution in [0.2, 0.25) is 0 Å². The van der Waals surface area contributed by atoms with Gasteiger partial charge in [-0.1, -0.05) is 0 Å². The average Bonchev–Trinajstić information content (AvgIpc) is 2.96. The zero-order valence-electron chi connectivity index (χ0n) is 11.8. The molecule has 4 aromatic rings. The zero-order chi connectivity index (χ0) is 15.8. The minimum atomic E-state index is -0.275. The van der Waals surface area contributed by atoms with Crippen molar-refractivity contribution in [2.24, 2.45) is 0 Å². The Hall–Kier alpha value is -2.60. The zero-order valence-corrected chi connectivity index (χ0v) is 13.4. The molecule has 0 radical (unpaired) electrons. The first-order chi connectivity index (χ1) is 11.2. The van der Waals surface area contributed by atoms with E-state index in [4.69, 9.17) is 0 Å². The van der Waals surface area contributed by atoms with Gasteiger partial charge in [0.15, 0.2) is 5.65 Å². The van der Waals surface area contributed by atoms with Crippen LogP contribution in [-0.2, 0) is 0 Å². The topological polar surface area (TPSA) is 54.5 Å². The monoisotopic (exact) mass is 368 g/mol. The molecule has 3 heterocycles. The summed E-state index contributed by atoms with van der Waals surface area (Å²) in [5, 5.41) is 7.95. The highest BCUT2D eigenvalue weighted by molar-refractivity contribution is 9.10. The lowest BCUT2D eigenvalue weighted by Crippen LogP contribution is -1.91. The Morgan fingerprint density at radius 1 is 0.957 bits per heavy atom. The van der Waals surface area contributed by atoms with Crippen molar-refractivity contribution >= 4 is 27.0 Å². The van der Waals surface area contributed by atoms with Gasteiger partial charge in [0.2, 0.25) is 0 Å². The molecule has 0 aliphatic rings. The third-order valence-corrected chi connectivity index (χ3v) is 4.21. The van der Waals surface area contributed by atoms with E-state index in [-0.39, 0.29) is 5.82 Å². The maximum Gasteiger partial charge on any atom is 0.182 e. The van der Waals surface area contributed by atoms with E-state index in [2.05, 4.69) is 36.1 Å². The molecule has 0 amide bonds. The molecule has 0 spiro atoms. The fraction of sp³-hybridized carbons (Fsp3) is 0. The Labute approximate surface area is 139 Å². The normalized spacial score (nSPS) is 11.0. The van der Waals surface area contributed by atoms with Gasteiger partial charge in [0, 0.05) is 23.5 Å². The van der Waals surface area contributed by atoms with Crippen molar-refractivity contribution in [2.45, 2.75) is 0 Å². The van der Waals surface area contributed by atoms with Crippen LogP contribution in [0.15, 0.2) is 59.5 Å². The SMILES string of the molecule is Fc1ccc(-c2nc3n[nH]c(Br)c3cc2-c2ccncc2)cc1. The molecule has 4 rings (SSSR count). The minimum absolute atomic E-state index is 0.275. The Bertz CT molecular complexity index is 981. The molecule has 1 aromatic carbocycles. The molecular weight excluding hydrogens is 359 g/mol. The molecule has 0 unspecified atom stereocenters. The number of aromatic nitrogens is 4. The summed E-state index contributed by atoms with van der Waals surface area (Å²) in [7, 11) is 0. The van der Waals surface area contributed by atoms with Gasteiger partial charge in [-0.25, -0.2) is 9.37 Å². The molecule has 0 atom stereocenters. The Kier molecular flexibility index (Phi) is 3.38. The van der Waals surface area contributed by atoms with Crippen LogP contribution >= 0.6 is 15.9 Å². The highest BCUT2D eigenvalue weighted by atomic mass is 79.9. The van der Waals surface area contributed by atoms with Crippen molar-refractivity contribution in [3.63, 3.8) is 0 Å². The summed E-state index contributed by atoms with van der Waals surface area (Å²) in [6.45, 7) is 0. The molecular formula is C17H10BrFN4. The number of rotatable bonds is 2. The van der Waals surface area contributed by atoms with Crippen LogP contribution in [0.1, 0.15) is 0 Å². The first-order valence-electron chi connectivity index (χ1n) is 6.93. The number of halogens is 2. The number of nitrogens with zero attached hydrogens (tertiary/aromatic N) is 3. The summed E-state index contributed by atoms with van der Waals surface area (Å²) in [5.74, 6) is -0.275. The molecule has 0 saturated heterocycles. The number of nitrogens with one attached hydrogen (secondary N) is 1. The second-order valence-electron chi connectivity index (χ2n) is 5.04. The first-order valence-corrected chi connectivity index (χ1v) is 7.72. The molecule has 0 aliphatic carbocycles. The van der Waals surface area contributed by atoms with Gasteiger partial charge in [-0.05, 0) is 64.0 Å². The van der Waals surface area contributed by atoms with Gasteiger partial charge < -0.3 is 0 Å². The van der Waals surface area contributed by atoms with Gasteiger partial charge in [0.25, 0.3) is 0 Å². The fourth-order valence-corrected chi connectivity index (χ4v) is 2.87. The second kappa shape index (κ2) is 5.55. The summed E-state index contributed by atoms with van der Waals surface area (Å²) >= 11 is 3.44. The summed E-state index contributed by atoms with van der Waals surface area (Å²) in [6.07, 6.45) is 3.47. The molecule has 6 heteroatoms. The van der Waals surface area contributed by atoms with E-state index in [9.17, 15) is 4.39 Å². The van der Waals surface area contributed by atoms with Crippen molar-refractivity contribution < 1.29 is 4.39 Å². The van der Waals surface area contributed by atoms with E-state index in [0.29, 0.717) is 5.65 Å². The average molecular weight is 369 g/mol. The number of hydrogen-bond donors (Lipinski definition) is 1. The van der Waals surface area contributed by atoms with Gasteiger partial charge in [0.05, 0.1) is 11.1 Å². The third-order valence-electron chi connectivity index (χ3n) is 3.61. The van der Waals surface area contributed by atoms with Gasteiger partial charge in [-0.15, -0.1) is 0 Å². The maximum absolute atomic E-state index is 13.2. The van der Waals surface area contributed by atoms with Crippen molar-refractivity contribution in [1.29, 1.82) is 0 Å². The molecule has 0 aliphatic heterocycles. The van der Waals surface area contributed by atoms with Crippen LogP contribution < -0.4 is 0 Å². The number of H-pyrrole nitrogens is 1. The second-order valence-corrected chi connectivity index (χ2v) is 5.83. The van der Waals surface area contributed by atoms with E-state index in [0.717, 1.165) is 32.4 Å². The Morgan fingerprint density at radius 3 is 2.43 bits per heavy atom. The number of pyridine rings is 2. The fourth-order valence-electron chi connectivity index (χ4n) is 2.49. The summed E-state index contributed by atoms with van der Waals surface area (Å²) in [5.41, 5.74) is 4.12. The molecule has 4 nitrogen and oxygen atoms in total. The number of benzene rings is 1. The molecule has 112 valence electrons. The predicted molar refractivity (Wildman–Crippen MR) is 90.2 cm³/mol. The van der Waals surface area contributed by atoms with E-state index < -0.39 is 0 Å². The van der Waals surface area contributed by atoms with Crippen LogP contribution in [-0.4, -0.2) is 20.2 Å². The molecule has 0 fully saturated rings. The van der Waals surface area contributed by atoms with Gasteiger partial charge in [-0.3, -0.25) is 10.1 Å². The van der Waals surface area contributed by atoms with Crippen molar-refractivity contribution in [3.8, 4) is 22.4 Å².